The van der Waals surface area contributed by atoms with Crippen molar-refractivity contribution in [1.29, 1.82) is 5.26 Å². The fourth-order valence-corrected chi connectivity index (χ4v) is 5.14. The largest absolute Gasteiger partial charge is 0.468 e. The van der Waals surface area contributed by atoms with Crippen LogP contribution in [0.15, 0.2) is 77.3 Å². The fraction of sp³-hybridized carbons (Fsp3) is 0.154. The Morgan fingerprint density at radius 3 is 2.57 bits per heavy atom. The molecule has 4 rings (SSSR count). The molecule has 35 heavy (non-hydrogen) atoms. The first-order valence-electron chi connectivity index (χ1n) is 10.6. The van der Waals surface area contributed by atoms with Gasteiger partial charge in [-0.3, -0.25) is 14.4 Å². The van der Waals surface area contributed by atoms with Crippen LogP contribution in [-0.4, -0.2) is 30.6 Å². The quantitative estimate of drug-likeness (QED) is 0.374. The molecule has 0 saturated carbocycles. The number of benzene rings is 3. The van der Waals surface area contributed by atoms with E-state index in [1.807, 2.05) is 42.5 Å². The Bertz CT molecular complexity index is 1390. The third-order valence-corrected chi connectivity index (χ3v) is 7.00. The molecule has 0 saturated heterocycles. The number of hydrogen-bond acceptors (Lipinski definition) is 6. The first-order chi connectivity index (χ1) is 16.9. The van der Waals surface area contributed by atoms with E-state index < -0.39 is 23.7 Å². The smallest absolute Gasteiger partial charge is 0.319 e. The van der Waals surface area contributed by atoms with E-state index in [0.29, 0.717) is 16.3 Å². The molecule has 3 aromatic rings. The Morgan fingerprint density at radius 1 is 1.11 bits per heavy atom. The molecule has 0 spiro atoms. The molecule has 1 aliphatic rings. The molecule has 176 valence electrons. The van der Waals surface area contributed by atoms with Gasteiger partial charge in [-0.2, -0.15) is 5.26 Å². The standard InChI is InChI=1S/C26H20ClN3O4S/c1-34-26(33)23-22(17-10-4-5-11-19(17)27)18(13-28)25(30-24(23)32)35-14-21(31)29-20-12-6-8-15-7-2-3-9-16(15)20/h2-12,22-23H,14H2,1H3,(H,29,31)(H,30,32). The van der Waals surface area contributed by atoms with E-state index in [1.54, 1.807) is 24.3 Å². The van der Waals surface area contributed by atoms with Gasteiger partial charge in [0.15, 0.2) is 0 Å². The zero-order valence-electron chi connectivity index (χ0n) is 18.6. The van der Waals surface area contributed by atoms with Gasteiger partial charge in [-0.05, 0) is 23.1 Å². The molecule has 2 unspecified atom stereocenters. The van der Waals surface area contributed by atoms with Gasteiger partial charge in [-0.15, -0.1) is 0 Å². The van der Waals surface area contributed by atoms with Crippen molar-refractivity contribution >= 4 is 57.6 Å². The van der Waals surface area contributed by atoms with Crippen molar-refractivity contribution in [3.05, 3.63) is 87.9 Å². The minimum atomic E-state index is -1.29. The third kappa shape index (κ3) is 5.02. The molecule has 2 amide bonds. The van der Waals surface area contributed by atoms with Gasteiger partial charge in [-0.1, -0.05) is 78.0 Å². The minimum absolute atomic E-state index is 0.0673. The average molecular weight is 506 g/mol. The molecule has 1 heterocycles. The lowest BCUT2D eigenvalue weighted by molar-refractivity contribution is -0.150. The highest BCUT2D eigenvalue weighted by molar-refractivity contribution is 8.03. The number of carbonyl (C=O) groups is 3. The van der Waals surface area contributed by atoms with Crippen molar-refractivity contribution in [2.24, 2.45) is 5.92 Å². The van der Waals surface area contributed by atoms with Crippen LogP contribution in [0.2, 0.25) is 5.02 Å². The number of esters is 1. The third-order valence-electron chi connectivity index (χ3n) is 5.64. The van der Waals surface area contributed by atoms with Gasteiger partial charge in [0.2, 0.25) is 11.8 Å². The van der Waals surface area contributed by atoms with Crippen molar-refractivity contribution in [2.75, 3.05) is 18.2 Å². The molecule has 9 heteroatoms. The average Bonchev–Trinajstić information content (AvgIpc) is 2.87. The van der Waals surface area contributed by atoms with Crippen molar-refractivity contribution in [1.82, 2.24) is 5.32 Å². The van der Waals surface area contributed by atoms with Crippen molar-refractivity contribution in [2.45, 2.75) is 5.92 Å². The number of carbonyl (C=O) groups excluding carboxylic acids is 3. The number of nitriles is 1. The highest BCUT2D eigenvalue weighted by Gasteiger charge is 2.45. The SMILES string of the molecule is COC(=O)C1C(=O)NC(SCC(=O)Nc2cccc3ccccc23)=C(C#N)C1c1ccccc1Cl. The molecule has 0 bridgehead atoms. The Labute approximate surface area is 211 Å². The molecule has 2 N–H and O–H groups in total. The van der Waals surface area contributed by atoms with Crippen molar-refractivity contribution in [3.8, 4) is 6.07 Å². The van der Waals surface area contributed by atoms with Crippen molar-refractivity contribution < 1.29 is 19.1 Å². The molecule has 0 aromatic heterocycles. The van der Waals surface area contributed by atoms with Crippen LogP contribution in [0, 0.1) is 17.2 Å². The van der Waals surface area contributed by atoms with Gasteiger partial charge in [0, 0.05) is 22.0 Å². The fourth-order valence-electron chi connectivity index (χ4n) is 4.04. The van der Waals surface area contributed by atoms with E-state index >= 15 is 0 Å². The van der Waals surface area contributed by atoms with E-state index in [0.717, 1.165) is 22.5 Å². The summed E-state index contributed by atoms with van der Waals surface area (Å²) in [6, 6.07) is 22.1. The summed E-state index contributed by atoms with van der Waals surface area (Å²) in [5.74, 6) is -4.02. The summed E-state index contributed by atoms with van der Waals surface area (Å²) >= 11 is 7.38. The number of amides is 2. The lowest BCUT2D eigenvalue weighted by Crippen LogP contribution is -2.44. The van der Waals surface area contributed by atoms with Gasteiger partial charge in [0.05, 0.1) is 29.5 Å². The molecule has 1 aliphatic heterocycles. The number of methoxy groups -OCH3 is 1. The van der Waals surface area contributed by atoms with Crippen LogP contribution in [0.4, 0.5) is 5.69 Å². The van der Waals surface area contributed by atoms with Gasteiger partial charge in [-0.25, -0.2) is 0 Å². The maximum absolute atomic E-state index is 12.9. The molecule has 0 fully saturated rings. The van der Waals surface area contributed by atoms with Crippen LogP contribution < -0.4 is 10.6 Å². The van der Waals surface area contributed by atoms with Crippen LogP contribution in [-0.2, 0) is 19.1 Å². The topological polar surface area (TPSA) is 108 Å². The number of ether oxygens (including phenoxy) is 1. The summed E-state index contributed by atoms with van der Waals surface area (Å²) in [6.45, 7) is 0. The van der Waals surface area contributed by atoms with Crippen molar-refractivity contribution in [3.63, 3.8) is 0 Å². The Balaban J connectivity index is 1.62. The second-order valence-corrected chi connectivity index (χ2v) is 9.10. The van der Waals surface area contributed by atoms with E-state index in [9.17, 15) is 19.6 Å². The van der Waals surface area contributed by atoms with Crippen LogP contribution >= 0.6 is 23.4 Å². The number of anilines is 1. The molecular weight excluding hydrogens is 486 g/mol. The predicted octanol–water partition coefficient (Wildman–Crippen LogP) is 4.60. The van der Waals surface area contributed by atoms with Crippen LogP contribution in [0.25, 0.3) is 10.8 Å². The number of hydrogen-bond donors (Lipinski definition) is 2. The number of fused-ring (bicyclic) bond motifs is 1. The van der Waals surface area contributed by atoms with Crippen LogP contribution in [0.1, 0.15) is 11.5 Å². The monoisotopic (exact) mass is 505 g/mol. The summed E-state index contributed by atoms with van der Waals surface area (Å²) in [6.07, 6.45) is 0. The number of nitrogens with zero attached hydrogens (tertiary/aromatic N) is 1. The Kier molecular flexibility index (Phi) is 7.39. The highest BCUT2D eigenvalue weighted by atomic mass is 35.5. The first kappa shape index (κ1) is 24.3. The number of halogens is 1. The zero-order valence-corrected chi connectivity index (χ0v) is 20.2. The molecule has 2 atom stereocenters. The van der Waals surface area contributed by atoms with E-state index in [-0.39, 0.29) is 22.3 Å². The van der Waals surface area contributed by atoms with E-state index in [2.05, 4.69) is 16.7 Å². The zero-order chi connectivity index (χ0) is 24.9. The van der Waals surface area contributed by atoms with E-state index in [1.165, 1.54) is 7.11 Å². The van der Waals surface area contributed by atoms with Gasteiger partial charge in [0.1, 0.15) is 5.92 Å². The molecule has 3 aromatic carbocycles. The second-order valence-electron chi connectivity index (χ2n) is 7.71. The van der Waals surface area contributed by atoms with Gasteiger partial charge in [0.25, 0.3) is 0 Å². The molecule has 0 radical (unpaired) electrons. The van der Waals surface area contributed by atoms with Gasteiger partial charge >= 0.3 is 5.97 Å². The summed E-state index contributed by atoms with van der Waals surface area (Å²) in [5.41, 5.74) is 1.25. The lowest BCUT2D eigenvalue weighted by Gasteiger charge is -2.31. The van der Waals surface area contributed by atoms with Crippen LogP contribution in [0.5, 0.6) is 0 Å². The predicted molar refractivity (Wildman–Crippen MR) is 136 cm³/mol. The maximum atomic E-state index is 12.9. The number of allylic oxidation sites excluding steroid dienone is 1. The summed E-state index contributed by atoms with van der Waals surface area (Å²) in [7, 11) is 1.18. The normalized spacial score (nSPS) is 17.5. The molecule has 7 nitrogen and oxygen atoms in total. The Morgan fingerprint density at radius 2 is 1.83 bits per heavy atom. The molecule has 0 aliphatic carbocycles. The van der Waals surface area contributed by atoms with E-state index in [4.69, 9.17) is 16.3 Å². The summed E-state index contributed by atoms with van der Waals surface area (Å²) in [5, 5.41) is 17.9. The summed E-state index contributed by atoms with van der Waals surface area (Å²) < 4.78 is 4.83. The number of rotatable bonds is 6. The molecular formula is C26H20ClN3O4S. The highest BCUT2D eigenvalue weighted by Crippen LogP contribution is 2.42. The lowest BCUT2D eigenvalue weighted by atomic mass is 9.78. The van der Waals surface area contributed by atoms with Gasteiger partial charge < -0.3 is 15.4 Å². The number of nitrogens with one attached hydrogen (secondary N) is 2. The first-order valence-corrected chi connectivity index (χ1v) is 12.0. The Hall–Kier alpha value is -3.80. The summed E-state index contributed by atoms with van der Waals surface area (Å²) in [4.78, 5) is 38.2. The second kappa shape index (κ2) is 10.6. The van der Waals surface area contributed by atoms with Crippen LogP contribution in [0.3, 0.4) is 0 Å². The number of thioether (sulfide) groups is 1. The maximum Gasteiger partial charge on any atom is 0.319 e. The minimum Gasteiger partial charge on any atom is -0.468 e.